The molecule has 0 saturated carbocycles. The summed E-state index contributed by atoms with van der Waals surface area (Å²) < 4.78 is 9.36. The van der Waals surface area contributed by atoms with E-state index in [2.05, 4.69) is 59.7 Å². The first-order chi connectivity index (χ1) is 16.5. The first-order valence-electron chi connectivity index (χ1n) is 11.1. The number of nitrogens with one attached hydrogen (secondary N) is 1. The lowest BCUT2D eigenvalue weighted by atomic mass is 10.1. The number of fused-ring (bicyclic) bond motifs is 2. The fourth-order valence-corrected chi connectivity index (χ4v) is 4.14. The van der Waals surface area contributed by atoms with Crippen LogP contribution in [0.4, 0.5) is 0 Å². The van der Waals surface area contributed by atoms with Gasteiger partial charge in [-0.05, 0) is 40.2 Å². The van der Waals surface area contributed by atoms with E-state index in [1.807, 2.05) is 10.6 Å². The Morgan fingerprint density at radius 2 is 2.12 bits per heavy atom. The van der Waals surface area contributed by atoms with Gasteiger partial charge in [0.25, 0.3) is 5.56 Å². The molecular formula is C22H26BrN9O2. The van der Waals surface area contributed by atoms with Crippen LogP contribution in [0.1, 0.15) is 43.7 Å². The minimum absolute atomic E-state index is 0.242. The van der Waals surface area contributed by atoms with Gasteiger partial charge in [0.2, 0.25) is 11.7 Å². The highest BCUT2D eigenvalue weighted by molar-refractivity contribution is 9.10. The van der Waals surface area contributed by atoms with Gasteiger partial charge in [0.05, 0.1) is 0 Å². The maximum Gasteiger partial charge on any atom is 0.286 e. The lowest BCUT2D eigenvalue weighted by Crippen LogP contribution is -2.21. The van der Waals surface area contributed by atoms with E-state index in [9.17, 15) is 4.79 Å². The molecule has 0 spiro atoms. The summed E-state index contributed by atoms with van der Waals surface area (Å²) in [5.74, 6) is 1.99. The van der Waals surface area contributed by atoms with Crippen LogP contribution in [0.15, 0.2) is 50.6 Å². The van der Waals surface area contributed by atoms with E-state index in [1.54, 1.807) is 12.2 Å². The summed E-state index contributed by atoms with van der Waals surface area (Å²) in [4.78, 5) is 25.1. The Morgan fingerprint density at radius 3 is 2.88 bits per heavy atom. The van der Waals surface area contributed by atoms with E-state index >= 15 is 0 Å². The van der Waals surface area contributed by atoms with Crippen molar-refractivity contribution in [1.82, 2.24) is 39.3 Å². The molecule has 178 valence electrons. The first kappa shape index (κ1) is 23.6. The summed E-state index contributed by atoms with van der Waals surface area (Å²) in [6.07, 6.45) is 11.1. The van der Waals surface area contributed by atoms with Gasteiger partial charge in [0.1, 0.15) is 5.82 Å². The molecule has 3 N–H and O–H groups in total. The summed E-state index contributed by atoms with van der Waals surface area (Å²) in [7, 11) is 0. The minimum Gasteiger partial charge on any atom is -0.405 e. The third-order valence-corrected chi connectivity index (χ3v) is 5.72. The molecule has 0 bridgehead atoms. The molecule has 0 aromatic carbocycles. The Kier molecular flexibility index (Phi) is 7.36. The molecule has 0 atom stereocenters. The summed E-state index contributed by atoms with van der Waals surface area (Å²) >= 11 is 3.34. The average Bonchev–Trinajstić information content (AvgIpc) is 3.53. The van der Waals surface area contributed by atoms with E-state index in [4.69, 9.17) is 10.3 Å². The quantitative estimate of drug-likeness (QED) is 0.172. The number of aryl methyl sites for hydroxylation is 3. The maximum atomic E-state index is 13.2. The summed E-state index contributed by atoms with van der Waals surface area (Å²) in [6, 6.07) is 0. The summed E-state index contributed by atoms with van der Waals surface area (Å²) in [5, 5.41) is 12.7. The second-order valence-electron chi connectivity index (χ2n) is 7.76. The van der Waals surface area contributed by atoms with Crippen LogP contribution in [0.3, 0.4) is 0 Å². The Balaban J connectivity index is 1.60. The van der Waals surface area contributed by atoms with Crippen LogP contribution in [0.5, 0.6) is 0 Å². The molecule has 4 rings (SSSR count). The number of nitrogens with zero attached hydrogens (tertiary/aromatic N) is 7. The topological polar surface area (TPSA) is 146 Å². The van der Waals surface area contributed by atoms with Crippen LogP contribution in [0, 0.1) is 0 Å². The first-order valence-corrected chi connectivity index (χ1v) is 11.9. The highest BCUT2D eigenvalue weighted by atomic mass is 79.9. The van der Waals surface area contributed by atoms with Gasteiger partial charge < -0.3 is 15.2 Å². The van der Waals surface area contributed by atoms with Crippen molar-refractivity contribution in [1.29, 1.82) is 0 Å². The number of unbranched alkanes of at least 4 members (excludes halogenated alkanes) is 2. The third-order valence-electron chi connectivity index (χ3n) is 5.35. The molecule has 12 heteroatoms. The van der Waals surface area contributed by atoms with Gasteiger partial charge in [-0.25, -0.2) is 9.38 Å². The number of allylic oxidation sites excluding steroid dienone is 4. The molecule has 0 saturated heterocycles. The van der Waals surface area contributed by atoms with Gasteiger partial charge in [0.15, 0.2) is 21.7 Å². The van der Waals surface area contributed by atoms with Crippen LogP contribution < -0.4 is 11.3 Å². The average molecular weight is 528 g/mol. The molecule has 0 amide bonds. The number of imidazole rings is 1. The predicted octanol–water partition coefficient (Wildman–Crippen LogP) is 3.02. The molecule has 4 aromatic heterocycles. The van der Waals surface area contributed by atoms with Crippen molar-refractivity contribution in [3.05, 3.63) is 69.2 Å². The van der Waals surface area contributed by atoms with Gasteiger partial charge in [-0.15, -0.1) is 10.2 Å². The SMILES string of the molecule is C=C/C=C(\C=C/N)Cc1noc(CCc2nnc3n(CCCCC)c4nc(Br)[nH]c4c(=O)n23)n1. The van der Waals surface area contributed by atoms with Crippen molar-refractivity contribution in [2.75, 3.05) is 0 Å². The molecule has 4 heterocycles. The van der Waals surface area contributed by atoms with E-state index in [0.29, 0.717) is 65.0 Å². The number of hydrogen-bond donors (Lipinski definition) is 2. The van der Waals surface area contributed by atoms with Crippen LogP contribution in [-0.4, -0.2) is 39.3 Å². The minimum atomic E-state index is -0.242. The van der Waals surface area contributed by atoms with Gasteiger partial charge in [-0.1, -0.05) is 43.7 Å². The standard InChI is InChI=1S/C22H26BrN9O2/c1-3-5-6-12-31-19-18(26-21(23)27-19)20(33)32-16(28-29-22(31)32)8-9-17-25-15(30-34-17)13-14(7-4-2)10-11-24/h4,7,10-11H,2-3,5-6,8-9,12-13,24H2,1H3,(H,26,27)/b11-10-,14-7+. The molecule has 0 aliphatic heterocycles. The van der Waals surface area contributed by atoms with Crippen molar-refractivity contribution in [2.24, 2.45) is 5.73 Å². The Labute approximate surface area is 203 Å². The zero-order valence-corrected chi connectivity index (χ0v) is 20.5. The van der Waals surface area contributed by atoms with Crippen LogP contribution >= 0.6 is 15.9 Å². The normalized spacial score (nSPS) is 12.5. The zero-order chi connectivity index (χ0) is 24.1. The fraction of sp³-hybridized carbons (Fsp3) is 0.364. The Morgan fingerprint density at radius 1 is 1.26 bits per heavy atom. The van der Waals surface area contributed by atoms with Crippen molar-refractivity contribution >= 4 is 32.9 Å². The second kappa shape index (κ2) is 10.6. The van der Waals surface area contributed by atoms with Crippen LogP contribution in [-0.2, 0) is 25.8 Å². The molecule has 34 heavy (non-hydrogen) atoms. The van der Waals surface area contributed by atoms with Gasteiger partial charge in [-0.2, -0.15) is 4.98 Å². The summed E-state index contributed by atoms with van der Waals surface area (Å²) in [6.45, 7) is 6.53. The lowest BCUT2D eigenvalue weighted by molar-refractivity contribution is 0.373. The number of hydrogen-bond acceptors (Lipinski definition) is 8. The van der Waals surface area contributed by atoms with Gasteiger partial charge >= 0.3 is 0 Å². The number of halogens is 1. The van der Waals surface area contributed by atoms with E-state index < -0.39 is 0 Å². The van der Waals surface area contributed by atoms with E-state index in [0.717, 1.165) is 24.8 Å². The second-order valence-corrected chi connectivity index (χ2v) is 8.51. The van der Waals surface area contributed by atoms with Crippen molar-refractivity contribution < 1.29 is 4.52 Å². The number of nitrogens with two attached hydrogens (primary N) is 1. The number of aromatic amines is 1. The third kappa shape index (κ3) is 4.86. The Hall–Kier alpha value is -3.54. The molecule has 0 aliphatic rings. The highest BCUT2D eigenvalue weighted by Crippen LogP contribution is 2.17. The van der Waals surface area contributed by atoms with E-state index in [-0.39, 0.29) is 5.56 Å². The molecule has 0 fully saturated rings. The van der Waals surface area contributed by atoms with Crippen molar-refractivity contribution in [3.63, 3.8) is 0 Å². The smallest absolute Gasteiger partial charge is 0.286 e. The zero-order valence-electron chi connectivity index (χ0n) is 18.9. The van der Waals surface area contributed by atoms with Gasteiger partial charge in [-0.3, -0.25) is 9.36 Å². The molecule has 0 unspecified atom stereocenters. The summed E-state index contributed by atoms with van der Waals surface area (Å²) in [5.41, 5.74) is 7.13. The maximum absolute atomic E-state index is 13.2. The number of H-pyrrole nitrogens is 1. The van der Waals surface area contributed by atoms with Crippen molar-refractivity contribution in [2.45, 2.75) is 52.0 Å². The predicted molar refractivity (Wildman–Crippen MR) is 131 cm³/mol. The van der Waals surface area contributed by atoms with E-state index in [1.165, 1.54) is 10.6 Å². The number of aromatic nitrogens is 8. The van der Waals surface area contributed by atoms with Gasteiger partial charge in [0, 0.05) is 25.8 Å². The van der Waals surface area contributed by atoms with Crippen molar-refractivity contribution in [3.8, 4) is 0 Å². The molecule has 0 radical (unpaired) electrons. The van der Waals surface area contributed by atoms with Crippen LogP contribution in [0.25, 0.3) is 16.9 Å². The lowest BCUT2D eigenvalue weighted by Gasteiger charge is -2.09. The fourth-order valence-electron chi connectivity index (χ4n) is 3.78. The molecule has 11 nitrogen and oxygen atoms in total. The molecular weight excluding hydrogens is 502 g/mol. The molecule has 4 aromatic rings. The van der Waals surface area contributed by atoms with Crippen LogP contribution in [0.2, 0.25) is 0 Å². The molecule has 0 aliphatic carbocycles. The number of rotatable bonds is 11. The largest absolute Gasteiger partial charge is 0.405 e. The monoisotopic (exact) mass is 527 g/mol. The highest BCUT2D eigenvalue weighted by Gasteiger charge is 2.20. The Bertz CT molecular complexity index is 1420.